The van der Waals surface area contributed by atoms with Gasteiger partial charge in [0.05, 0.1) is 24.9 Å². The molecule has 4 nitrogen and oxygen atoms in total. The Labute approximate surface area is 174 Å². The highest BCUT2D eigenvalue weighted by molar-refractivity contribution is 4.91. The van der Waals surface area contributed by atoms with E-state index in [2.05, 4.69) is 34.6 Å². The quantitative estimate of drug-likeness (QED) is 0.474. The standard InChI is InChI=1S/C24H46O4/c1-16-11-21(12-17(2)23(16)27-10-8-9-25-6)22-13-18(3)24(19(4)14-22)28-15-20(5)26-7/h16-24H,8-15H2,1-7H3. The molecule has 5 unspecified atom stereocenters. The smallest absolute Gasteiger partial charge is 0.0776 e. The van der Waals surface area contributed by atoms with Gasteiger partial charge < -0.3 is 18.9 Å². The minimum Gasteiger partial charge on any atom is -0.385 e. The van der Waals surface area contributed by atoms with Gasteiger partial charge in [0.25, 0.3) is 0 Å². The van der Waals surface area contributed by atoms with Gasteiger partial charge in [0.15, 0.2) is 0 Å². The van der Waals surface area contributed by atoms with Gasteiger partial charge in [-0.05, 0) is 74.5 Å². The number of rotatable bonds is 10. The van der Waals surface area contributed by atoms with E-state index >= 15 is 0 Å². The Kier molecular flexibility index (Phi) is 10.2. The van der Waals surface area contributed by atoms with Crippen molar-refractivity contribution in [3.8, 4) is 0 Å². The predicted octanol–water partition coefficient (Wildman–Crippen LogP) is 5.19. The second kappa shape index (κ2) is 11.9. The SMILES string of the molecule is COCCCOC1C(C)CC(C2CC(C)C(OCC(C)OC)C(C)C2)CC1C. The molecule has 0 saturated heterocycles. The van der Waals surface area contributed by atoms with Crippen LogP contribution in [-0.2, 0) is 18.9 Å². The summed E-state index contributed by atoms with van der Waals surface area (Å²) in [6.07, 6.45) is 7.21. The summed E-state index contributed by atoms with van der Waals surface area (Å²) in [4.78, 5) is 0. The van der Waals surface area contributed by atoms with E-state index in [0.29, 0.717) is 42.5 Å². The van der Waals surface area contributed by atoms with Crippen LogP contribution in [0.15, 0.2) is 0 Å². The molecule has 0 aromatic rings. The summed E-state index contributed by atoms with van der Waals surface area (Å²) in [5, 5.41) is 0. The molecule has 2 aliphatic carbocycles. The summed E-state index contributed by atoms with van der Waals surface area (Å²) in [5.41, 5.74) is 0. The van der Waals surface area contributed by atoms with E-state index < -0.39 is 0 Å². The Morgan fingerprint density at radius 2 is 1.18 bits per heavy atom. The molecular weight excluding hydrogens is 352 g/mol. The van der Waals surface area contributed by atoms with E-state index in [-0.39, 0.29) is 6.10 Å². The van der Waals surface area contributed by atoms with Crippen molar-refractivity contribution in [2.24, 2.45) is 35.5 Å². The molecule has 166 valence electrons. The van der Waals surface area contributed by atoms with Gasteiger partial charge in [-0.25, -0.2) is 0 Å². The number of ether oxygens (including phenoxy) is 4. The molecule has 2 fully saturated rings. The zero-order chi connectivity index (χ0) is 20.7. The first kappa shape index (κ1) is 24.1. The zero-order valence-corrected chi connectivity index (χ0v) is 19.5. The number of methoxy groups -OCH3 is 2. The van der Waals surface area contributed by atoms with Crippen molar-refractivity contribution in [3.63, 3.8) is 0 Å². The van der Waals surface area contributed by atoms with Crippen molar-refractivity contribution in [2.75, 3.05) is 34.0 Å². The van der Waals surface area contributed by atoms with Crippen LogP contribution in [0.25, 0.3) is 0 Å². The molecule has 0 amide bonds. The summed E-state index contributed by atoms with van der Waals surface area (Å²) in [5.74, 6) is 4.24. The molecule has 28 heavy (non-hydrogen) atoms. The first-order valence-electron chi connectivity index (χ1n) is 11.6. The molecule has 2 saturated carbocycles. The lowest BCUT2D eigenvalue weighted by Crippen LogP contribution is -2.44. The Balaban J connectivity index is 1.84. The summed E-state index contributed by atoms with van der Waals surface area (Å²) < 4.78 is 23.0. The lowest BCUT2D eigenvalue weighted by Gasteiger charge is -2.47. The van der Waals surface area contributed by atoms with Gasteiger partial charge in [-0.15, -0.1) is 0 Å². The Morgan fingerprint density at radius 1 is 0.714 bits per heavy atom. The van der Waals surface area contributed by atoms with Crippen LogP contribution in [-0.4, -0.2) is 52.4 Å². The second-order valence-corrected chi connectivity index (χ2v) is 9.90. The zero-order valence-electron chi connectivity index (χ0n) is 19.5. The average molecular weight is 399 g/mol. The highest BCUT2D eigenvalue weighted by atomic mass is 16.5. The predicted molar refractivity (Wildman–Crippen MR) is 115 cm³/mol. The summed E-state index contributed by atoms with van der Waals surface area (Å²) >= 11 is 0. The maximum atomic E-state index is 6.26. The van der Waals surface area contributed by atoms with Crippen LogP contribution in [0, 0.1) is 35.5 Å². The molecule has 5 atom stereocenters. The molecule has 2 aliphatic rings. The molecule has 0 heterocycles. The van der Waals surface area contributed by atoms with Crippen LogP contribution in [0.1, 0.15) is 66.7 Å². The molecular formula is C24H46O4. The third-order valence-electron chi connectivity index (χ3n) is 7.34. The van der Waals surface area contributed by atoms with Crippen LogP contribution < -0.4 is 0 Å². The molecule has 0 aromatic carbocycles. The van der Waals surface area contributed by atoms with Gasteiger partial charge in [0.1, 0.15) is 0 Å². The van der Waals surface area contributed by atoms with Crippen molar-refractivity contribution in [1.82, 2.24) is 0 Å². The van der Waals surface area contributed by atoms with Crippen molar-refractivity contribution < 1.29 is 18.9 Å². The van der Waals surface area contributed by atoms with E-state index in [1.807, 2.05) is 0 Å². The van der Waals surface area contributed by atoms with Gasteiger partial charge in [0.2, 0.25) is 0 Å². The molecule has 0 radical (unpaired) electrons. The van der Waals surface area contributed by atoms with Crippen LogP contribution in [0.2, 0.25) is 0 Å². The van der Waals surface area contributed by atoms with Crippen molar-refractivity contribution >= 4 is 0 Å². The summed E-state index contributed by atoms with van der Waals surface area (Å²) in [7, 11) is 3.52. The van der Waals surface area contributed by atoms with Gasteiger partial charge in [0, 0.05) is 27.4 Å². The average Bonchev–Trinajstić information content (AvgIpc) is 2.65. The fraction of sp³-hybridized carbons (Fsp3) is 1.00. The third-order valence-corrected chi connectivity index (χ3v) is 7.34. The third kappa shape index (κ3) is 6.68. The van der Waals surface area contributed by atoms with E-state index in [1.54, 1.807) is 14.2 Å². The van der Waals surface area contributed by atoms with Gasteiger partial charge in [-0.1, -0.05) is 27.7 Å². The van der Waals surface area contributed by atoms with Crippen molar-refractivity contribution in [1.29, 1.82) is 0 Å². The molecule has 4 heteroatoms. The van der Waals surface area contributed by atoms with Crippen LogP contribution >= 0.6 is 0 Å². The van der Waals surface area contributed by atoms with E-state index in [4.69, 9.17) is 18.9 Å². The number of hydrogen-bond acceptors (Lipinski definition) is 4. The topological polar surface area (TPSA) is 36.9 Å². The summed E-state index contributed by atoms with van der Waals surface area (Å²) in [6.45, 7) is 14.0. The van der Waals surface area contributed by atoms with Gasteiger partial charge >= 0.3 is 0 Å². The lowest BCUT2D eigenvalue weighted by atomic mass is 9.63. The molecule has 0 N–H and O–H groups in total. The largest absolute Gasteiger partial charge is 0.385 e. The second-order valence-electron chi connectivity index (χ2n) is 9.90. The Morgan fingerprint density at radius 3 is 1.61 bits per heavy atom. The number of hydrogen-bond donors (Lipinski definition) is 0. The fourth-order valence-corrected chi connectivity index (χ4v) is 5.92. The minimum atomic E-state index is 0.179. The van der Waals surface area contributed by atoms with Crippen LogP contribution in [0.4, 0.5) is 0 Å². The van der Waals surface area contributed by atoms with Gasteiger partial charge in [-0.2, -0.15) is 0 Å². The molecule has 2 rings (SSSR count). The fourth-order valence-electron chi connectivity index (χ4n) is 5.92. The maximum Gasteiger partial charge on any atom is 0.0776 e. The highest BCUT2D eigenvalue weighted by Crippen LogP contribution is 2.46. The van der Waals surface area contributed by atoms with Crippen molar-refractivity contribution in [3.05, 3.63) is 0 Å². The van der Waals surface area contributed by atoms with E-state index in [0.717, 1.165) is 31.5 Å². The van der Waals surface area contributed by atoms with E-state index in [1.165, 1.54) is 25.7 Å². The highest BCUT2D eigenvalue weighted by Gasteiger charge is 2.42. The molecule has 0 spiro atoms. The first-order chi connectivity index (χ1) is 13.4. The van der Waals surface area contributed by atoms with Crippen LogP contribution in [0.3, 0.4) is 0 Å². The van der Waals surface area contributed by atoms with Crippen LogP contribution in [0.5, 0.6) is 0 Å². The minimum absolute atomic E-state index is 0.179. The molecule has 0 bridgehead atoms. The first-order valence-corrected chi connectivity index (χ1v) is 11.6. The van der Waals surface area contributed by atoms with E-state index in [9.17, 15) is 0 Å². The maximum absolute atomic E-state index is 6.26. The Hall–Kier alpha value is -0.160. The molecule has 0 aromatic heterocycles. The normalized spacial score (nSPS) is 40.4. The molecule has 0 aliphatic heterocycles. The van der Waals surface area contributed by atoms with Crippen molar-refractivity contribution in [2.45, 2.75) is 85.0 Å². The summed E-state index contributed by atoms with van der Waals surface area (Å²) in [6, 6.07) is 0. The monoisotopic (exact) mass is 398 g/mol. The Bertz CT molecular complexity index is 405. The van der Waals surface area contributed by atoms with Gasteiger partial charge in [-0.3, -0.25) is 0 Å². The lowest BCUT2D eigenvalue weighted by molar-refractivity contribution is -0.100.